The molecule has 6 heteroatoms. The molecule has 4 rings (SSSR count). The van der Waals surface area contributed by atoms with Crippen LogP contribution in [0.5, 0.6) is 0 Å². The van der Waals surface area contributed by atoms with Crippen molar-refractivity contribution in [2.24, 2.45) is 0 Å². The van der Waals surface area contributed by atoms with Crippen molar-refractivity contribution in [2.75, 3.05) is 11.1 Å². The molecule has 1 aromatic carbocycles. The van der Waals surface area contributed by atoms with E-state index in [9.17, 15) is 13.7 Å². The van der Waals surface area contributed by atoms with Crippen molar-refractivity contribution < 1.29 is 8.42 Å². The number of nitrogens with one attached hydrogen (secondary N) is 1. The molecule has 1 aromatic heterocycles. The molecule has 1 N–H and O–H groups in total. The third-order valence-corrected chi connectivity index (χ3v) is 5.90. The van der Waals surface area contributed by atoms with Crippen LogP contribution in [0.1, 0.15) is 24.0 Å². The Bertz CT molecular complexity index is 909. The van der Waals surface area contributed by atoms with Gasteiger partial charge in [0.2, 0.25) is 0 Å². The Balaban J connectivity index is 2.07. The van der Waals surface area contributed by atoms with E-state index in [1.54, 1.807) is 18.3 Å². The van der Waals surface area contributed by atoms with Gasteiger partial charge in [-0.25, -0.2) is 8.42 Å². The quantitative estimate of drug-likeness (QED) is 0.917. The summed E-state index contributed by atoms with van der Waals surface area (Å²) in [6.07, 6.45) is 4.22. The predicted octanol–water partition coefficient (Wildman–Crippen LogP) is 2.01. The van der Waals surface area contributed by atoms with Crippen molar-refractivity contribution >= 4 is 26.4 Å². The number of sulfone groups is 1. The smallest absolute Gasteiger partial charge is 0.179 e. The maximum atomic E-state index is 12.1. The first kappa shape index (κ1) is 12.6. The summed E-state index contributed by atoms with van der Waals surface area (Å²) in [6.45, 7) is 0. The van der Waals surface area contributed by atoms with Crippen molar-refractivity contribution in [3.63, 3.8) is 0 Å². The molecular weight excluding hydrogens is 286 g/mol. The summed E-state index contributed by atoms with van der Waals surface area (Å²) >= 11 is 0. The van der Waals surface area contributed by atoms with Crippen LogP contribution in [0, 0.1) is 11.3 Å². The van der Waals surface area contributed by atoms with Gasteiger partial charge in [-0.1, -0.05) is 0 Å². The van der Waals surface area contributed by atoms with E-state index in [0.717, 1.165) is 35.0 Å². The van der Waals surface area contributed by atoms with Crippen LogP contribution < -0.4 is 5.32 Å². The van der Waals surface area contributed by atoms with E-state index in [4.69, 9.17) is 0 Å². The molecule has 0 radical (unpaired) electrons. The van der Waals surface area contributed by atoms with Crippen molar-refractivity contribution in [2.45, 2.75) is 30.2 Å². The molecular formula is C15H13N3O2S. The topological polar surface area (TPSA) is 82.8 Å². The zero-order chi connectivity index (χ0) is 14.6. The second kappa shape index (κ2) is 4.18. The highest BCUT2D eigenvalue weighted by atomic mass is 32.2. The number of nitriles is 1. The van der Waals surface area contributed by atoms with Gasteiger partial charge in [-0.3, -0.25) is 4.98 Å². The highest BCUT2D eigenvalue weighted by Crippen LogP contribution is 2.38. The first-order valence-electron chi connectivity index (χ1n) is 6.94. The average molecular weight is 299 g/mol. The molecule has 0 atom stereocenters. The Morgan fingerprint density at radius 3 is 2.86 bits per heavy atom. The fraction of sp³-hybridized carbons (Fsp3) is 0.333. The van der Waals surface area contributed by atoms with Gasteiger partial charge in [0.15, 0.2) is 9.84 Å². The van der Waals surface area contributed by atoms with Crippen molar-refractivity contribution in [3.05, 3.63) is 29.5 Å². The first-order valence-corrected chi connectivity index (χ1v) is 8.59. The second-order valence-electron chi connectivity index (χ2n) is 5.58. The van der Waals surface area contributed by atoms with Gasteiger partial charge in [-0.15, -0.1) is 0 Å². The summed E-state index contributed by atoms with van der Waals surface area (Å²) in [4.78, 5) is 4.70. The Kier molecular flexibility index (Phi) is 2.51. The average Bonchev–Trinajstić information content (AvgIpc) is 3.23. The van der Waals surface area contributed by atoms with Gasteiger partial charge in [-0.2, -0.15) is 5.26 Å². The summed E-state index contributed by atoms with van der Waals surface area (Å²) in [7, 11) is -3.18. The van der Waals surface area contributed by atoms with Crippen LogP contribution in [0.4, 0.5) is 5.69 Å². The largest absolute Gasteiger partial charge is 0.381 e. The molecule has 0 bridgehead atoms. The van der Waals surface area contributed by atoms with Crippen LogP contribution in [0.25, 0.3) is 10.9 Å². The van der Waals surface area contributed by atoms with Gasteiger partial charge in [0, 0.05) is 17.6 Å². The van der Waals surface area contributed by atoms with E-state index in [-0.39, 0.29) is 5.75 Å². The van der Waals surface area contributed by atoms with Crippen LogP contribution in [0.2, 0.25) is 0 Å². The Morgan fingerprint density at radius 1 is 1.33 bits per heavy atom. The van der Waals surface area contributed by atoms with Crippen molar-refractivity contribution in [1.82, 2.24) is 4.98 Å². The monoisotopic (exact) mass is 299 g/mol. The number of pyridine rings is 1. The molecule has 0 amide bonds. The van der Waals surface area contributed by atoms with Crippen LogP contribution in [0.15, 0.2) is 23.2 Å². The van der Waals surface area contributed by atoms with E-state index in [0.29, 0.717) is 22.9 Å². The Hall–Kier alpha value is -2.13. The highest BCUT2D eigenvalue weighted by Gasteiger charge is 2.30. The molecule has 21 heavy (non-hydrogen) atoms. The lowest BCUT2D eigenvalue weighted by molar-refractivity contribution is 0.600. The number of anilines is 1. The minimum absolute atomic E-state index is 0.140. The lowest BCUT2D eigenvalue weighted by Crippen LogP contribution is -2.06. The highest BCUT2D eigenvalue weighted by molar-refractivity contribution is 7.91. The fourth-order valence-electron chi connectivity index (χ4n) is 2.89. The molecule has 106 valence electrons. The van der Waals surface area contributed by atoms with E-state index in [2.05, 4.69) is 16.4 Å². The minimum atomic E-state index is -3.18. The zero-order valence-corrected chi connectivity index (χ0v) is 12.1. The normalized spacial score (nSPS) is 19.2. The summed E-state index contributed by atoms with van der Waals surface area (Å²) in [6, 6.07) is 5.92. The van der Waals surface area contributed by atoms with Crippen LogP contribution in [-0.2, 0) is 16.3 Å². The number of benzene rings is 1. The zero-order valence-electron chi connectivity index (χ0n) is 11.3. The van der Waals surface area contributed by atoms with E-state index in [1.807, 2.05) is 0 Å². The SMILES string of the molecule is N#Cc1cnc2ccc3c(c2c1NC1CC1)CCS3(=O)=O. The number of nitrogens with zero attached hydrogens (tertiary/aromatic N) is 2. The molecule has 1 aliphatic carbocycles. The number of rotatable bonds is 2. The lowest BCUT2D eigenvalue weighted by atomic mass is 10.0. The summed E-state index contributed by atoms with van der Waals surface area (Å²) in [5.41, 5.74) is 2.78. The molecule has 2 aliphatic rings. The third kappa shape index (κ3) is 1.88. The number of hydrogen-bond donors (Lipinski definition) is 1. The summed E-state index contributed by atoms with van der Waals surface area (Å²) < 4.78 is 24.2. The van der Waals surface area contributed by atoms with Crippen molar-refractivity contribution in [3.8, 4) is 6.07 Å². The maximum Gasteiger partial charge on any atom is 0.179 e. The standard InChI is InChI=1S/C15H13N3O2S/c16-7-9-8-17-12-3-4-13-11(5-6-21(13,19)20)14(12)15(9)18-10-1-2-10/h3-4,8,10H,1-2,5-6H2,(H,17,18). The number of fused-ring (bicyclic) bond motifs is 3. The Labute approximate surface area is 122 Å². The molecule has 0 spiro atoms. The van der Waals surface area contributed by atoms with Gasteiger partial charge in [0.05, 0.1) is 27.4 Å². The van der Waals surface area contributed by atoms with Crippen LogP contribution in [-0.4, -0.2) is 25.2 Å². The van der Waals surface area contributed by atoms with Gasteiger partial charge < -0.3 is 5.32 Å². The lowest BCUT2D eigenvalue weighted by Gasteiger charge is -2.13. The number of hydrogen-bond acceptors (Lipinski definition) is 5. The van der Waals surface area contributed by atoms with Gasteiger partial charge in [-0.05, 0) is 37.0 Å². The molecule has 0 saturated heterocycles. The van der Waals surface area contributed by atoms with Gasteiger partial charge in [0.25, 0.3) is 0 Å². The molecule has 1 fully saturated rings. The number of aryl methyl sites for hydroxylation is 1. The molecule has 2 aromatic rings. The van der Waals surface area contributed by atoms with E-state index >= 15 is 0 Å². The number of aromatic nitrogens is 1. The van der Waals surface area contributed by atoms with Gasteiger partial charge >= 0.3 is 0 Å². The molecule has 5 nitrogen and oxygen atoms in total. The van der Waals surface area contributed by atoms with Crippen molar-refractivity contribution in [1.29, 1.82) is 5.26 Å². The maximum absolute atomic E-state index is 12.1. The summed E-state index contributed by atoms with van der Waals surface area (Å²) in [5.74, 6) is 0.140. The van der Waals surface area contributed by atoms with Gasteiger partial charge in [0.1, 0.15) is 6.07 Å². The van der Waals surface area contributed by atoms with Crippen LogP contribution >= 0.6 is 0 Å². The molecule has 0 unspecified atom stereocenters. The minimum Gasteiger partial charge on any atom is -0.381 e. The molecule has 1 saturated carbocycles. The first-order chi connectivity index (χ1) is 10.1. The predicted molar refractivity (Wildman–Crippen MR) is 78.9 cm³/mol. The van der Waals surface area contributed by atoms with E-state index < -0.39 is 9.84 Å². The van der Waals surface area contributed by atoms with E-state index in [1.165, 1.54) is 0 Å². The molecule has 1 aliphatic heterocycles. The third-order valence-electron chi connectivity index (χ3n) is 4.10. The fourth-order valence-corrected chi connectivity index (χ4v) is 4.44. The second-order valence-corrected chi connectivity index (χ2v) is 7.66. The van der Waals surface area contributed by atoms with Crippen LogP contribution in [0.3, 0.4) is 0 Å². The summed E-state index contributed by atoms with van der Waals surface area (Å²) in [5, 5.41) is 13.5. The Morgan fingerprint density at radius 2 is 2.14 bits per heavy atom. The molecule has 2 heterocycles.